The Morgan fingerprint density at radius 2 is 1.73 bits per heavy atom. The van der Waals surface area contributed by atoms with E-state index in [4.69, 9.17) is 16.3 Å². The fourth-order valence-electron chi connectivity index (χ4n) is 2.69. The Labute approximate surface area is 177 Å². The molecule has 2 rings (SSSR count). The molecule has 2 aromatic carbocycles. The molecule has 1 amide bonds. The van der Waals surface area contributed by atoms with Gasteiger partial charge in [-0.3, -0.25) is 19.7 Å². The Morgan fingerprint density at radius 1 is 1.13 bits per heavy atom. The molecule has 12 heteroatoms. The summed E-state index contributed by atoms with van der Waals surface area (Å²) in [4.78, 5) is 33.9. The first-order chi connectivity index (χ1) is 14.1. The summed E-state index contributed by atoms with van der Waals surface area (Å²) in [6.07, 6.45) is 0. The van der Waals surface area contributed by atoms with Gasteiger partial charge in [-0.05, 0) is 23.8 Å². The molecular formula is C18H18ClN3O7S. The van der Waals surface area contributed by atoms with Crippen LogP contribution < -0.4 is 10.0 Å². The minimum Gasteiger partial charge on any atom is -0.468 e. The maximum absolute atomic E-state index is 12.9. The lowest BCUT2D eigenvalue weighted by Crippen LogP contribution is -2.50. The van der Waals surface area contributed by atoms with Gasteiger partial charge in [0.2, 0.25) is 15.9 Å². The van der Waals surface area contributed by atoms with Crippen LogP contribution in [0.1, 0.15) is 18.5 Å². The number of nitro groups is 1. The lowest BCUT2D eigenvalue weighted by Gasteiger charge is -2.27. The average Bonchev–Trinajstić information content (AvgIpc) is 2.70. The van der Waals surface area contributed by atoms with Crippen molar-refractivity contribution in [3.05, 3.63) is 69.2 Å². The molecule has 0 radical (unpaired) electrons. The average molecular weight is 456 g/mol. The van der Waals surface area contributed by atoms with Gasteiger partial charge in [0, 0.05) is 18.0 Å². The number of rotatable bonds is 8. The van der Waals surface area contributed by atoms with Crippen LogP contribution in [-0.4, -0.2) is 38.4 Å². The summed E-state index contributed by atoms with van der Waals surface area (Å²) in [5.74, 6) is -1.56. The first kappa shape index (κ1) is 23.3. The van der Waals surface area contributed by atoms with Crippen molar-refractivity contribution < 1.29 is 27.7 Å². The number of nitro benzene ring substituents is 1. The van der Waals surface area contributed by atoms with Crippen LogP contribution in [-0.2, 0) is 24.3 Å². The van der Waals surface area contributed by atoms with Crippen molar-refractivity contribution in [1.82, 2.24) is 10.0 Å². The molecule has 2 N–H and O–H groups in total. The molecule has 0 spiro atoms. The van der Waals surface area contributed by atoms with Gasteiger partial charge < -0.3 is 10.1 Å². The second kappa shape index (κ2) is 9.65. The summed E-state index contributed by atoms with van der Waals surface area (Å²) in [6.45, 7) is 1.19. The van der Waals surface area contributed by atoms with Crippen LogP contribution in [0.3, 0.4) is 0 Å². The smallest absolute Gasteiger partial charge is 0.326 e. The van der Waals surface area contributed by atoms with Gasteiger partial charge in [-0.2, -0.15) is 4.72 Å². The first-order valence-corrected chi connectivity index (χ1v) is 10.3. The summed E-state index contributed by atoms with van der Waals surface area (Å²) < 4.78 is 32.6. The number of para-hydroxylation sites is 1. The highest BCUT2D eigenvalue weighted by atomic mass is 35.5. The Kier molecular flexibility index (Phi) is 7.48. The molecule has 0 saturated heterocycles. The number of carbonyl (C=O) groups is 2. The Bertz CT molecular complexity index is 1060. The maximum atomic E-state index is 12.9. The molecule has 0 saturated carbocycles. The molecule has 0 unspecified atom stereocenters. The van der Waals surface area contributed by atoms with E-state index in [1.807, 2.05) is 0 Å². The van der Waals surface area contributed by atoms with Crippen LogP contribution in [0.5, 0.6) is 0 Å². The van der Waals surface area contributed by atoms with E-state index in [9.17, 15) is 28.1 Å². The molecule has 10 nitrogen and oxygen atoms in total. The van der Waals surface area contributed by atoms with Gasteiger partial charge in [-0.15, -0.1) is 0 Å². The zero-order valence-corrected chi connectivity index (χ0v) is 17.4. The zero-order valence-electron chi connectivity index (χ0n) is 15.9. The fraction of sp³-hybridized carbons (Fsp3) is 0.222. The summed E-state index contributed by atoms with van der Waals surface area (Å²) >= 11 is 5.87. The number of esters is 1. The monoisotopic (exact) mass is 455 g/mol. The molecule has 0 aromatic heterocycles. The molecule has 0 aliphatic rings. The van der Waals surface area contributed by atoms with E-state index >= 15 is 0 Å². The number of halogens is 1. The lowest BCUT2D eigenvalue weighted by atomic mass is 10.00. The predicted molar refractivity (Wildman–Crippen MR) is 107 cm³/mol. The Morgan fingerprint density at radius 3 is 2.27 bits per heavy atom. The maximum Gasteiger partial charge on any atom is 0.326 e. The van der Waals surface area contributed by atoms with Crippen LogP contribution >= 0.6 is 11.6 Å². The van der Waals surface area contributed by atoms with Gasteiger partial charge >= 0.3 is 5.97 Å². The standard InChI is InChI=1S/C18H18ClN3O7S/c1-11(23)20-16(12-7-9-13(19)10-8-12)17(18(24)29-2)21-30(27,28)15-6-4-3-5-14(15)22(25)26/h3-10,16-17,21H,1-2H3,(H,20,23)/t16-,17-/m1/s1. The number of carbonyl (C=O) groups excluding carboxylic acids is 2. The number of hydrogen-bond donors (Lipinski definition) is 2. The van der Waals surface area contributed by atoms with E-state index in [2.05, 4.69) is 10.0 Å². The highest BCUT2D eigenvalue weighted by Gasteiger charge is 2.37. The van der Waals surface area contributed by atoms with Crippen molar-refractivity contribution in [3.8, 4) is 0 Å². The van der Waals surface area contributed by atoms with E-state index in [0.29, 0.717) is 10.6 Å². The molecular weight excluding hydrogens is 438 g/mol. The fourth-order valence-corrected chi connectivity index (χ4v) is 4.19. The van der Waals surface area contributed by atoms with Gasteiger partial charge in [0.15, 0.2) is 4.90 Å². The largest absolute Gasteiger partial charge is 0.468 e. The molecule has 0 fully saturated rings. The molecule has 2 atom stereocenters. The van der Waals surface area contributed by atoms with Gasteiger partial charge in [0.05, 0.1) is 18.1 Å². The SMILES string of the molecule is COC(=O)[C@H](NS(=O)(=O)c1ccccc1[N+](=O)[O-])[C@H](NC(C)=O)c1ccc(Cl)cc1. The van der Waals surface area contributed by atoms with Crippen molar-refractivity contribution in [2.75, 3.05) is 7.11 Å². The normalized spacial score (nSPS) is 13.2. The third-order valence-electron chi connectivity index (χ3n) is 4.01. The van der Waals surface area contributed by atoms with E-state index in [0.717, 1.165) is 19.2 Å². The van der Waals surface area contributed by atoms with Crippen LogP contribution in [0.15, 0.2) is 53.4 Å². The zero-order chi connectivity index (χ0) is 22.5. The summed E-state index contributed by atoms with van der Waals surface area (Å²) in [5, 5.41) is 14.1. The highest BCUT2D eigenvalue weighted by molar-refractivity contribution is 7.89. The summed E-state index contributed by atoms with van der Waals surface area (Å²) in [6, 6.07) is 7.86. The second-order valence-corrected chi connectivity index (χ2v) is 8.20. The lowest BCUT2D eigenvalue weighted by molar-refractivity contribution is -0.387. The van der Waals surface area contributed by atoms with Crippen molar-refractivity contribution in [3.63, 3.8) is 0 Å². The second-order valence-electron chi connectivity index (χ2n) is 6.08. The first-order valence-electron chi connectivity index (χ1n) is 8.43. The van der Waals surface area contributed by atoms with Crippen molar-refractivity contribution in [2.45, 2.75) is 23.9 Å². The molecule has 160 valence electrons. The van der Waals surface area contributed by atoms with E-state index in [1.54, 1.807) is 0 Å². The van der Waals surface area contributed by atoms with Gasteiger partial charge in [-0.25, -0.2) is 8.42 Å². The highest BCUT2D eigenvalue weighted by Crippen LogP contribution is 2.26. The molecule has 0 aliphatic carbocycles. The quantitative estimate of drug-likeness (QED) is 0.351. The van der Waals surface area contributed by atoms with Crippen molar-refractivity contribution in [1.29, 1.82) is 0 Å². The van der Waals surface area contributed by atoms with E-state index in [-0.39, 0.29) is 0 Å². The number of amides is 1. The van der Waals surface area contributed by atoms with E-state index in [1.165, 1.54) is 43.3 Å². The van der Waals surface area contributed by atoms with Crippen LogP contribution in [0.4, 0.5) is 5.69 Å². The molecule has 30 heavy (non-hydrogen) atoms. The number of nitrogens with one attached hydrogen (secondary N) is 2. The van der Waals surface area contributed by atoms with Crippen LogP contribution in [0.25, 0.3) is 0 Å². The number of benzene rings is 2. The molecule has 0 aliphatic heterocycles. The molecule has 2 aromatic rings. The van der Waals surface area contributed by atoms with Crippen molar-refractivity contribution >= 4 is 39.2 Å². The van der Waals surface area contributed by atoms with Gasteiger partial charge in [0.25, 0.3) is 5.69 Å². The molecule has 0 bridgehead atoms. The third-order valence-corrected chi connectivity index (χ3v) is 5.75. The third kappa shape index (κ3) is 5.53. The summed E-state index contributed by atoms with van der Waals surface area (Å²) in [5.41, 5.74) is -0.313. The molecule has 0 heterocycles. The van der Waals surface area contributed by atoms with Gasteiger partial charge in [0.1, 0.15) is 6.04 Å². The van der Waals surface area contributed by atoms with Crippen LogP contribution in [0.2, 0.25) is 5.02 Å². The summed E-state index contributed by atoms with van der Waals surface area (Å²) in [7, 11) is -3.51. The Hall–Kier alpha value is -3.02. The number of sulfonamides is 1. The number of methoxy groups -OCH3 is 1. The number of hydrogen-bond acceptors (Lipinski definition) is 7. The minimum absolute atomic E-state index is 0.357. The number of ether oxygens (including phenoxy) is 1. The minimum atomic E-state index is -4.56. The number of nitrogens with zero attached hydrogens (tertiary/aromatic N) is 1. The van der Waals surface area contributed by atoms with Gasteiger partial charge in [-0.1, -0.05) is 35.9 Å². The van der Waals surface area contributed by atoms with E-state index < -0.39 is 49.5 Å². The topological polar surface area (TPSA) is 145 Å². The predicted octanol–water partition coefficient (Wildman–Crippen LogP) is 1.95. The van der Waals surface area contributed by atoms with Crippen LogP contribution in [0, 0.1) is 10.1 Å². The van der Waals surface area contributed by atoms with Crippen molar-refractivity contribution in [2.24, 2.45) is 0 Å². The Balaban J connectivity index is 2.55.